The maximum atomic E-state index is 12.7. The van der Waals surface area contributed by atoms with Crippen molar-refractivity contribution >= 4 is 11.9 Å². The molecule has 0 saturated heterocycles. The van der Waals surface area contributed by atoms with Crippen molar-refractivity contribution in [3.8, 4) is 0 Å². The van der Waals surface area contributed by atoms with Crippen molar-refractivity contribution in [3.05, 3.63) is 36.0 Å². The van der Waals surface area contributed by atoms with Crippen molar-refractivity contribution in [3.63, 3.8) is 0 Å². The lowest BCUT2D eigenvalue weighted by Gasteiger charge is -2.20. The van der Waals surface area contributed by atoms with Gasteiger partial charge in [0.05, 0.1) is 18.8 Å². The number of hydrogen-bond donors (Lipinski definition) is 0. The molecule has 29 heavy (non-hydrogen) atoms. The van der Waals surface area contributed by atoms with E-state index in [4.69, 9.17) is 9.47 Å². The fraction of sp³-hybridized carbons (Fsp3) is 0.680. The average Bonchev–Trinajstić information content (AvgIpc) is 3.00. The monoisotopic (exact) mass is 404 g/mol. The highest BCUT2D eigenvalue weighted by atomic mass is 16.5. The summed E-state index contributed by atoms with van der Waals surface area (Å²) in [6, 6.07) is 0. The number of allylic oxidation sites excluding steroid dienone is 4. The summed E-state index contributed by atoms with van der Waals surface area (Å²) in [4.78, 5) is 25.5. The summed E-state index contributed by atoms with van der Waals surface area (Å²) in [6.07, 6.45) is 17.4. The van der Waals surface area contributed by atoms with Gasteiger partial charge in [0.15, 0.2) is 0 Å². The van der Waals surface area contributed by atoms with E-state index in [0.717, 1.165) is 51.4 Å². The molecule has 3 atom stereocenters. The van der Waals surface area contributed by atoms with E-state index >= 15 is 0 Å². The van der Waals surface area contributed by atoms with E-state index in [1.807, 2.05) is 6.08 Å². The summed E-state index contributed by atoms with van der Waals surface area (Å²) in [5.74, 6) is -0.769. The molecule has 0 radical (unpaired) electrons. The lowest BCUT2D eigenvalue weighted by Crippen LogP contribution is -2.26. The zero-order valence-electron chi connectivity index (χ0n) is 18.8. The Morgan fingerprint density at radius 3 is 2.00 bits per heavy atom. The van der Waals surface area contributed by atoms with Crippen LogP contribution in [0.25, 0.3) is 0 Å². The lowest BCUT2D eigenvalue weighted by atomic mass is 9.97. The molecule has 1 aliphatic carbocycles. The molecule has 3 unspecified atom stereocenters. The summed E-state index contributed by atoms with van der Waals surface area (Å²) in [7, 11) is 0. The van der Waals surface area contributed by atoms with Crippen molar-refractivity contribution in [2.45, 2.75) is 79.1 Å². The van der Waals surface area contributed by atoms with Crippen LogP contribution < -0.4 is 0 Å². The molecule has 0 aromatic rings. The van der Waals surface area contributed by atoms with E-state index in [9.17, 15) is 9.59 Å². The third kappa shape index (κ3) is 9.47. The normalized spacial score (nSPS) is 17.9. The van der Waals surface area contributed by atoms with Crippen LogP contribution in [0.4, 0.5) is 0 Å². The van der Waals surface area contributed by atoms with Gasteiger partial charge in [-0.2, -0.15) is 0 Å². The van der Waals surface area contributed by atoms with E-state index in [2.05, 4.69) is 27.7 Å². The third-order valence-electron chi connectivity index (χ3n) is 5.62. The van der Waals surface area contributed by atoms with Gasteiger partial charge in [0.1, 0.15) is 5.92 Å². The molecule has 1 aliphatic rings. The molecule has 0 fully saturated rings. The number of rotatable bonds is 14. The Balaban J connectivity index is 2.69. The van der Waals surface area contributed by atoms with Crippen LogP contribution in [0.1, 0.15) is 79.1 Å². The fourth-order valence-corrected chi connectivity index (χ4v) is 3.37. The maximum absolute atomic E-state index is 12.7. The van der Waals surface area contributed by atoms with Gasteiger partial charge in [0.25, 0.3) is 0 Å². The zero-order chi connectivity index (χ0) is 21.5. The molecule has 4 nitrogen and oxygen atoms in total. The summed E-state index contributed by atoms with van der Waals surface area (Å²) < 4.78 is 11.2. The summed E-state index contributed by atoms with van der Waals surface area (Å²) in [6.45, 7) is 9.37. The van der Waals surface area contributed by atoms with Crippen LogP contribution in [-0.2, 0) is 19.1 Å². The Hall–Kier alpha value is -1.84. The molecule has 0 aromatic heterocycles. The Morgan fingerprint density at radius 2 is 1.45 bits per heavy atom. The molecule has 0 bridgehead atoms. The van der Waals surface area contributed by atoms with E-state index in [1.54, 1.807) is 24.3 Å². The van der Waals surface area contributed by atoms with Gasteiger partial charge in [-0.3, -0.25) is 4.79 Å². The van der Waals surface area contributed by atoms with Crippen LogP contribution in [0.5, 0.6) is 0 Å². The van der Waals surface area contributed by atoms with Gasteiger partial charge in [0.2, 0.25) is 0 Å². The zero-order valence-corrected chi connectivity index (χ0v) is 18.8. The SMILES string of the molecule is CCCCC(CC)COC(=O)C1=CC=CC=CC1C(=O)OCC(CC)CCCC. The largest absolute Gasteiger partial charge is 0.465 e. The molecular formula is C25H40O4. The van der Waals surface area contributed by atoms with Gasteiger partial charge in [-0.15, -0.1) is 0 Å². The number of unbranched alkanes of at least 4 members (excludes halogenated alkanes) is 2. The van der Waals surface area contributed by atoms with Gasteiger partial charge in [-0.1, -0.05) is 96.6 Å². The third-order valence-corrected chi connectivity index (χ3v) is 5.62. The van der Waals surface area contributed by atoms with Crippen LogP contribution >= 0.6 is 0 Å². The second-order valence-electron chi connectivity index (χ2n) is 7.93. The molecule has 1 rings (SSSR count). The van der Waals surface area contributed by atoms with E-state index < -0.39 is 11.9 Å². The standard InChI is InChI=1S/C25H40O4/c1-5-9-14-20(7-3)18-28-24(26)22-16-12-11-13-17-23(22)25(27)29-19-21(8-4)15-10-6-2/h11-13,16-17,20-22H,5-10,14-15,18-19H2,1-4H3. The minimum atomic E-state index is -0.711. The molecular weight excluding hydrogens is 364 g/mol. The number of esters is 2. The molecule has 0 saturated carbocycles. The minimum Gasteiger partial charge on any atom is -0.465 e. The summed E-state index contributed by atoms with van der Waals surface area (Å²) >= 11 is 0. The van der Waals surface area contributed by atoms with Crippen LogP contribution in [0, 0.1) is 17.8 Å². The highest BCUT2D eigenvalue weighted by Gasteiger charge is 2.29. The Labute approximate surface area is 177 Å². The van der Waals surface area contributed by atoms with Crippen LogP contribution in [0.2, 0.25) is 0 Å². The first-order valence-electron chi connectivity index (χ1n) is 11.5. The Kier molecular flexibility index (Phi) is 13.1. The molecule has 0 amide bonds. The van der Waals surface area contributed by atoms with Gasteiger partial charge >= 0.3 is 11.9 Å². The second-order valence-corrected chi connectivity index (χ2v) is 7.93. The molecule has 0 spiro atoms. The average molecular weight is 405 g/mol. The van der Waals surface area contributed by atoms with Crippen LogP contribution in [-0.4, -0.2) is 25.2 Å². The van der Waals surface area contributed by atoms with Crippen LogP contribution in [0.3, 0.4) is 0 Å². The smallest absolute Gasteiger partial charge is 0.335 e. The maximum Gasteiger partial charge on any atom is 0.335 e. The lowest BCUT2D eigenvalue weighted by molar-refractivity contribution is -0.150. The fourth-order valence-electron chi connectivity index (χ4n) is 3.37. The first-order chi connectivity index (χ1) is 14.1. The Morgan fingerprint density at radius 1 is 0.862 bits per heavy atom. The molecule has 0 aliphatic heterocycles. The number of ether oxygens (including phenoxy) is 2. The van der Waals surface area contributed by atoms with E-state index in [1.165, 1.54) is 0 Å². The van der Waals surface area contributed by atoms with Crippen molar-refractivity contribution in [2.75, 3.05) is 13.2 Å². The summed E-state index contributed by atoms with van der Waals surface area (Å²) in [5, 5.41) is 0. The Bertz CT molecular complexity index is 573. The first kappa shape index (κ1) is 25.2. The van der Waals surface area contributed by atoms with E-state index in [0.29, 0.717) is 30.6 Å². The van der Waals surface area contributed by atoms with Crippen molar-refractivity contribution in [1.82, 2.24) is 0 Å². The topological polar surface area (TPSA) is 52.6 Å². The number of carbonyl (C=O) groups excluding carboxylic acids is 2. The molecule has 4 heteroatoms. The molecule has 0 N–H and O–H groups in total. The quantitative estimate of drug-likeness (QED) is 0.325. The molecule has 164 valence electrons. The van der Waals surface area contributed by atoms with Crippen molar-refractivity contribution in [1.29, 1.82) is 0 Å². The predicted octanol–water partition coefficient (Wildman–Crippen LogP) is 6.17. The van der Waals surface area contributed by atoms with Crippen molar-refractivity contribution < 1.29 is 19.1 Å². The highest BCUT2D eigenvalue weighted by Crippen LogP contribution is 2.22. The minimum absolute atomic E-state index is 0.354. The van der Waals surface area contributed by atoms with Gasteiger partial charge in [0, 0.05) is 0 Å². The van der Waals surface area contributed by atoms with Gasteiger partial charge in [-0.25, -0.2) is 4.79 Å². The van der Waals surface area contributed by atoms with E-state index in [-0.39, 0.29) is 5.97 Å². The van der Waals surface area contributed by atoms with Gasteiger partial charge < -0.3 is 9.47 Å². The summed E-state index contributed by atoms with van der Waals surface area (Å²) in [5.41, 5.74) is 0.354. The number of hydrogen-bond acceptors (Lipinski definition) is 4. The van der Waals surface area contributed by atoms with Gasteiger partial charge in [-0.05, 0) is 24.7 Å². The number of carbonyl (C=O) groups is 2. The second kappa shape index (κ2) is 15.1. The van der Waals surface area contributed by atoms with Crippen LogP contribution in [0.15, 0.2) is 36.0 Å². The molecule has 0 heterocycles. The predicted molar refractivity (Wildman–Crippen MR) is 118 cm³/mol. The first-order valence-corrected chi connectivity index (χ1v) is 11.5. The van der Waals surface area contributed by atoms with Crippen molar-refractivity contribution in [2.24, 2.45) is 17.8 Å². The highest BCUT2D eigenvalue weighted by molar-refractivity contribution is 5.97. The molecule has 0 aromatic carbocycles.